The second kappa shape index (κ2) is 5.51. The van der Waals surface area contributed by atoms with Crippen molar-refractivity contribution >= 4 is 0 Å². The number of rotatable bonds is 4. The quantitative estimate of drug-likeness (QED) is 0.900. The van der Waals surface area contributed by atoms with E-state index in [1.54, 1.807) is 7.11 Å². The molecule has 1 N–H and O–H groups in total. The standard InChI is InChI=1S/C16H24N2O/c1-12(14-5-3-4-6-16(14)19-2)17-15-11-18-9-7-13(15)8-10-18/h3-6,12-13,15,17H,7-11H2,1-2H3. The number of fused-ring (bicyclic) bond motifs is 3. The minimum atomic E-state index is 0.349. The number of hydrogen-bond donors (Lipinski definition) is 1. The van der Waals surface area contributed by atoms with Gasteiger partial charge in [-0.3, -0.25) is 0 Å². The van der Waals surface area contributed by atoms with Gasteiger partial charge in [0.1, 0.15) is 5.75 Å². The fourth-order valence-electron chi connectivity index (χ4n) is 3.59. The Bertz CT molecular complexity index is 427. The molecule has 0 aliphatic carbocycles. The maximum absolute atomic E-state index is 5.47. The molecule has 3 heteroatoms. The van der Waals surface area contributed by atoms with E-state index in [1.165, 1.54) is 38.0 Å². The van der Waals surface area contributed by atoms with Crippen LogP contribution in [-0.2, 0) is 0 Å². The molecule has 2 bridgehead atoms. The Morgan fingerprint density at radius 1 is 1.26 bits per heavy atom. The van der Waals surface area contributed by atoms with Crippen molar-refractivity contribution in [1.29, 1.82) is 0 Å². The molecule has 3 heterocycles. The van der Waals surface area contributed by atoms with E-state index >= 15 is 0 Å². The topological polar surface area (TPSA) is 24.5 Å². The smallest absolute Gasteiger partial charge is 0.123 e. The van der Waals surface area contributed by atoms with Gasteiger partial charge in [0.15, 0.2) is 0 Å². The Kier molecular flexibility index (Phi) is 3.76. The highest BCUT2D eigenvalue weighted by atomic mass is 16.5. The van der Waals surface area contributed by atoms with Gasteiger partial charge >= 0.3 is 0 Å². The van der Waals surface area contributed by atoms with Gasteiger partial charge in [0, 0.05) is 24.2 Å². The van der Waals surface area contributed by atoms with Crippen molar-refractivity contribution < 1.29 is 4.74 Å². The van der Waals surface area contributed by atoms with E-state index < -0.39 is 0 Å². The number of nitrogens with one attached hydrogen (secondary N) is 1. The van der Waals surface area contributed by atoms with Gasteiger partial charge in [0.25, 0.3) is 0 Å². The summed E-state index contributed by atoms with van der Waals surface area (Å²) in [7, 11) is 1.75. The molecule has 3 nitrogen and oxygen atoms in total. The van der Waals surface area contributed by atoms with Crippen LogP contribution in [0.25, 0.3) is 0 Å². The first-order valence-corrected chi connectivity index (χ1v) is 7.39. The summed E-state index contributed by atoms with van der Waals surface area (Å²) in [6.07, 6.45) is 2.71. The summed E-state index contributed by atoms with van der Waals surface area (Å²) in [6, 6.07) is 9.32. The normalized spacial score (nSPS) is 31.2. The van der Waals surface area contributed by atoms with Gasteiger partial charge in [-0.1, -0.05) is 18.2 Å². The molecule has 4 rings (SSSR count). The van der Waals surface area contributed by atoms with E-state index in [2.05, 4.69) is 29.3 Å². The average molecular weight is 260 g/mol. The van der Waals surface area contributed by atoms with Gasteiger partial charge in [-0.25, -0.2) is 0 Å². The number of piperidine rings is 3. The van der Waals surface area contributed by atoms with Crippen LogP contribution in [0.4, 0.5) is 0 Å². The Morgan fingerprint density at radius 3 is 2.63 bits per heavy atom. The van der Waals surface area contributed by atoms with Crippen molar-refractivity contribution in [2.24, 2.45) is 5.92 Å². The van der Waals surface area contributed by atoms with Crippen LogP contribution in [0, 0.1) is 5.92 Å². The predicted molar refractivity (Wildman–Crippen MR) is 77.5 cm³/mol. The summed E-state index contributed by atoms with van der Waals surface area (Å²) in [6.45, 7) is 6.05. The van der Waals surface area contributed by atoms with Gasteiger partial charge in [0.05, 0.1) is 7.11 Å². The summed E-state index contributed by atoms with van der Waals surface area (Å²) in [5, 5.41) is 3.82. The first kappa shape index (κ1) is 12.9. The highest BCUT2D eigenvalue weighted by molar-refractivity contribution is 5.35. The molecule has 3 aliphatic heterocycles. The molecule has 3 saturated heterocycles. The van der Waals surface area contributed by atoms with Crippen LogP contribution in [0.1, 0.15) is 31.4 Å². The number of nitrogens with zero attached hydrogens (tertiary/aromatic N) is 1. The lowest BCUT2D eigenvalue weighted by Gasteiger charge is -2.46. The third-order valence-electron chi connectivity index (χ3n) is 4.73. The first-order chi connectivity index (χ1) is 9.28. The van der Waals surface area contributed by atoms with E-state index in [9.17, 15) is 0 Å². The molecule has 0 saturated carbocycles. The molecule has 3 fully saturated rings. The van der Waals surface area contributed by atoms with Gasteiger partial charge in [-0.05, 0) is 44.8 Å². The molecule has 104 valence electrons. The van der Waals surface area contributed by atoms with Crippen LogP contribution in [0.3, 0.4) is 0 Å². The molecule has 1 aromatic carbocycles. The van der Waals surface area contributed by atoms with E-state index in [0.29, 0.717) is 12.1 Å². The van der Waals surface area contributed by atoms with Crippen LogP contribution in [0.2, 0.25) is 0 Å². The molecule has 1 aromatic rings. The summed E-state index contributed by atoms with van der Waals surface area (Å²) >= 11 is 0. The van der Waals surface area contributed by atoms with Crippen molar-refractivity contribution in [3.63, 3.8) is 0 Å². The Balaban J connectivity index is 1.69. The highest BCUT2D eigenvalue weighted by Gasteiger charge is 2.34. The second-order valence-corrected chi connectivity index (χ2v) is 5.87. The molecule has 0 aromatic heterocycles. The largest absolute Gasteiger partial charge is 0.496 e. The Hall–Kier alpha value is -1.06. The van der Waals surface area contributed by atoms with Crippen molar-refractivity contribution in [3.8, 4) is 5.75 Å². The van der Waals surface area contributed by atoms with Crippen LogP contribution < -0.4 is 10.1 Å². The molecule has 3 aliphatic rings. The molecule has 0 amide bonds. The maximum atomic E-state index is 5.47. The lowest BCUT2D eigenvalue weighted by atomic mass is 9.83. The summed E-state index contributed by atoms with van der Waals surface area (Å²) in [5.41, 5.74) is 1.27. The first-order valence-electron chi connectivity index (χ1n) is 7.39. The molecule has 2 atom stereocenters. The Labute approximate surface area is 115 Å². The average Bonchev–Trinajstić information content (AvgIpc) is 2.48. The molecule has 2 unspecified atom stereocenters. The number of methoxy groups -OCH3 is 1. The van der Waals surface area contributed by atoms with Gasteiger partial charge in [0.2, 0.25) is 0 Å². The highest BCUT2D eigenvalue weighted by Crippen LogP contribution is 2.31. The molecule has 0 spiro atoms. The number of hydrogen-bond acceptors (Lipinski definition) is 3. The van der Waals surface area contributed by atoms with E-state index in [1.807, 2.05) is 12.1 Å². The zero-order chi connectivity index (χ0) is 13.2. The second-order valence-electron chi connectivity index (χ2n) is 5.87. The van der Waals surface area contributed by atoms with Crippen molar-refractivity contribution in [2.45, 2.75) is 31.8 Å². The molecular formula is C16H24N2O. The van der Waals surface area contributed by atoms with Crippen molar-refractivity contribution in [1.82, 2.24) is 10.2 Å². The summed E-state index contributed by atoms with van der Waals surface area (Å²) < 4.78 is 5.47. The van der Waals surface area contributed by atoms with E-state index in [0.717, 1.165) is 11.7 Å². The van der Waals surface area contributed by atoms with Crippen molar-refractivity contribution in [2.75, 3.05) is 26.7 Å². The number of para-hydroxylation sites is 1. The van der Waals surface area contributed by atoms with Crippen LogP contribution in [-0.4, -0.2) is 37.7 Å². The van der Waals surface area contributed by atoms with Crippen LogP contribution in [0.5, 0.6) is 5.75 Å². The SMILES string of the molecule is COc1ccccc1C(C)NC1CN2CCC1CC2. The lowest BCUT2D eigenvalue weighted by Crippen LogP contribution is -2.56. The summed E-state index contributed by atoms with van der Waals surface area (Å²) in [4.78, 5) is 2.59. The monoisotopic (exact) mass is 260 g/mol. The Morgan fingerprint density at radius 2 is 2.00 bits per heavy atom. The minimum Gasteiger partial charge on any atom is -0.496 e. The van der Waals surface area contributed by atoms with Crippen LogP contribution >= 0.6 is 0 Å². The molecular weight excluding hydrogens is 236 g/mol. The third-order valence-corrected chi connectivity index (χ3v) is 4.73. The van der Waals surface area contributed by atoms with Crippen molar-refractivity contribution in [3.05, 3.63) is 29.8 Å². The van der Waals surface area contributed by atoms with E-state index in [4.69, 9.17) is 4.74 Å². The number of benzene rings is 1. The van der Waals surface area contributed by atoms with Gasteiger partial charge in [-0.2, -0.15) is 0 Å². The summed E-state index contributed by atoms with van der Waals surface area (Å²) in [5.74, 6) is 1.85. The molecule has 0 radical (unpaired) electrons. The number of ether oxygens (including phenoxy) is 1. The van der Waals surface area contributed by atoms with Crippen LogP contribution in [0.15, 0.2) is 24.3 Å². The van der Waals surface area contributed by atoms with Gasteiger partial charge < -0.3 is 15.0 Å². The third kappa shape index (κ3) is 2.63. The minimum absolute atomic E-state index is 0.349. The van der Waals surface area contributed by atoms with Gasteiger partial charge in [-0.15, -0.1) is 0 Å². The maximum Gasteiger partial charge on any atom is 0.123 e. The predicted octanol–water partition coefficient (Wildman–Crippen LogP) is 2.44. The fraction of sp³-hybridized carbons (Fsp3) is 0.625. The lowest BCUT2D eigenvalue weighted by molar-refractivity contribution is 0.0678. The molecule has 19 heavy (non-hydrogen) atoms. The fourth-order valence-corrected chi connectivity index (χ4v) is 3.59. The zero-order valence-electron chi connectivity index (χ0n) is 11.9. The zero-order valence-corrected chi connectivity index (χ0v) is 11.9. The van der Waals surface area contributed by atoms with E-state index in [-0.39, 0.29) is 0 Å².